The summed E-state index contributed by atoms with van der Waals surface area (Å²) in [7, 11) is 0. The van der Waals surface area contributed by atoms with E-state index in [0.29, 0.717) is 0 Å². The van der Waals surface area contributed by atoms with Gasteiger partial charge in [-0.1, -0.05) is 86.8 Å². The van der Waals surface area contributed by atoms with Crippen LogP contribution in [0.2, 0.25) is 0 Å². The van der Waals surface area contributed by atoms with Gasteiger partial charge in [0.1, 0.15) is 18.1 Å². The lowest BCUT2D eigenvalue weighted by atomic mass is 9.82. The fourth-order valence-corrected chi connectivity index (χ4v) is 8.11. The van der Waals surface area contributed by atoms with Crippen LogP contribution in [0.4, 0.5) is 0 Å². The third kappa shape index (κ3) is 18.8. The molecule has 3 heterocycles. The summed E-state index contributed by atoms with van der Waals surface area (Å²) in [4.78, 5) is 25.1. The molecule has 0 aromatic heterocycles. The fraction of sp³-hybridized carbons (Fsp3) is 0.702. The molecule has 0 aromatic rings. The molecule has 18 nitrogen and oxygen atoms in total. The molecule has 2 bridgehead atoms. The molecule has 3 rings (SSSR count). The van der Waals surface area contributed by atoms with Crippen LogP contribution in [0.3, 0.4) is 0 Å². The van der Waals surface area contributed by atoms with Gasteiger partial charge in [-0.25, -0.2) is 0 Å². The minimum Gasteiger partial charge on any atom is -0.481 e. The zero-order valence-electron chi connectivity index (χ0n) is 37.8. The smallest absolute Gasteiger partial charge is 0.311 e. The second-order valence-corrected chi connectivity index (χ2v) is 17.8. The third-order valence-corrected chi connectivity index (χ3v) is 12.2. The van der Waals surface area contributed by atoms with Crippen LogP contribution >= 0.6 is 0 Å². The summed E-state index contributed by atoms with van der Waals surface area (Å²) < 4.78 is 23.2. The van der Waals surface area contributed by atoms with Crippen molar-refractivity contribution in [2.45, 2.75) is 189 Å². The second-order valence-electron chi connectivity index (χ2n) is 17.8. The molecule has 0 spiro atoms. The van der Waals surface area contributed by atoms with Crippen molar-refractivity contribution < 1.29 is 84.7 Å². The Morgan fingerprint density at radius 3 is 1.94 bits per heavy atom. The van der Waals surface area contributed by atoms with E-state index in [9.17, 15) is 65.8 Å². The molecule has 65 heavy (non-hydrogen) atoms. The Kier molecular flexibility index (Phi) is 23.8. The number of carbonyl (C=O) groups is 2. The summed E-state index contributed by atoms with van der Waals surface area (Å²) in [5.41, 5.74) is 6.02. The highest BCUT2D eigenvalue weighted by atomic mass is 16.7. The number of allylic oxidation sites excluding steroid dienone is 10. The van der Waals surface area contributed by atoms with E-state index in [1.165, 1.54) is 13.0 Å². The van der Waals surface area contributed by atoms with E-state index in [-0.39, 0.29) is 38.0 Å². The highest BCUT2D eigenvalue weighted by Crippen LogP contribution is 2.38. The van der Waals surface area contributed by atoms with Gasteiger partial charge in [-0.15, -0.1) is 0 Å². The molecular weight excluding hydrogens is 851 g/mol. The quantitative estimate of drug-likeness (QED) is 0.175. The van der Waals surface area contributed by atoms with Crippen molar-refractivity contribution in [3.63, 3.8) is 0 Å². The number of fused-ring (bicyclic) bond motifs is 2. The zero-order chi connectivity index (χ0) is 48.4. The molecule has 18 heteroatoms. The molecule has 370 valence electrons. The molecular formula is C47H75NO17. The Balaban J connectivity index is 1.84. The first kappa shape index (κ1) is 56.1. The van der Waals surface area contributed by atoms with Gasteiger partial charge in [0.15, 0.2) is 12.1 Å². The Labute approximate surface area is 381 Å². The zero-order valence-corrected chi connectivity index (χ0v) is 37.8. The lowest BCUT2D eigenvalue weighted by molar-refractivity contribution is -0.310. The van der Waals surface area contributed by atoms with Crippen molar-refractivity contribution in [3.05, 3.63) is 72.9 Å². The van der Waals surface area contributed by atoms with Gasteiger partial charge >= 0.3 is 11.9 Å². The number of hydrogen-bond donors (Lipinski definition) is 12. The van der Waals surface area contributed by atoms with E-state index in [0.717, 1.165) is 12.8 Å². The average Bonchev–Trinajstić information content (AvgIpc) is 3.21. The van der Waals surface area contributed by atoms with Crippen LogP contribution < -0.4 is 5.73 Å². The molecule has 2 fully saturated rings. The molecule has 0 aromatic carbocycles. The molecule has 0 amide bonds. The predicted octanol–water partition coefficient (Wildman–Crippen LogP) is 0.936. The molecule has 0 aliphatic carbocycles. The van der Waals surface area contributed by atoms with E-state index in [1.807, 2.05) is 49.5 Å². The van der Waals surface area contributed by atoms with Gasteiger partial charge in [-0.3, -0.25) is 9.59 Å². The van der Waals surface area contributed by atoms with E-state index in [2.05, 4.69) is 0 Å². The Bertz CT molecular complexity index is 1620. The second kappa shape index (κ2) is 27.6. The molecule has 0 unspecified atom stereocenters. The van der Waals surface area contributed by atoms with Gasteiger partial charge in [-0.2, -0.15) is 0 Å². The molecule has 13 N–H and O–H groups in total. The number of carbonyl (C=O) groups excluding carboxylic acids is 1. The highest BCUT2D eigenvalue weighted by molar-refractivity contribution is 5.71. The first-order valence-corrected chi connectivity index (χ1v) is 22.6. The van der Waals surface area contributed by atoms with Crippen LogP contribution in [-0.4, -0.2) is 166 Å². The first-order valence-electron chi connectivity index (χ1n) is 22.6. The maximum absolute atomic E-state index is 12.6. The summed E-state index contributed by atoms with van der Waals surface area (Å²) in [6, 6.07) is -1.14. The number of esters is 1. The van der Waals surface area contributed by atoms with Crippen molar-refractivity contribution in [1.29, 1.82) is 0 Å². The molecule has 19 atom stereocenters. The summed E-state index contributed by atoms with van der Waals surface area (Å²) in [5, 5.41) is 118. The van der Waals surface area contributed by atoms with E-state index >= 15 is 0 Å². The average molecular weight is 926 g/mol. The van der Waals surface area contributed by atoms with Crippen molar-refractivity contribution in [1.82, 2.24) is 0 Å². The number of aliphatic hydroxyl groups is 10. The van der Waals surface area contributed by atoms with Crippen molar-refractivity contribution in [2.24, 2.45) is 23.5 Å². The highest BCUT2D eigenvalue weighted by Gasteiger charge is 2.51. The van der Waals surface area contributed by atoms with Gasteiger partial charge in [0.25, 0.3) is 0 Å². The summed E-state index contributed by atoms with van der Waals surface area (Å²) in [6.07, 6.45) is 2.28. The fourth-order valence-electron chi connectivity index (χ4n) is 8.11. The van der Waals surface area contributed by atoms with Crippen LogP contribution in [0.5, 0.6) is 0 Å². The summed E-state index contributed by atoms with van der Waals surface area (Å²) in [5.74, 6) is -6.82. The summed E-state index contributed by atoms with van der Waals surface area (Å²) in [6.45, 7) is 6.78. The largest absolute Gasteiger partial charge is 0.481 e. The predicted molar refractivity (Wildman–Crippen MR) is 237 cm³/mol. The van der Waals surface area contributed by atoms with Crippen molar-refractivity contribution >= 4 is 11.9 Å². The number of nitrogens with two attached hydrogens (primary N) is 1. The third-order valence-electron chi connectivity index (χ3n) is 12.2. The van der Waals surface area contributed by atoms with Gasteiger partial charge in [0.05, 0.1) is 79.6 Å². The van der Waals surface area contributed by atoms with Crippen LogP contribution in [0, 0.1) is 17.8 Å². The van der Waals surface area contributed by atoms with Crippen LogP contribution in [0.1, 0.15) is 91.9 Å². The Hall–Kier alpha value is -3.18. The monoisotopic (exact) mass is 926 g/mol. The SMILES string of the molecule is C[C@@H]1[C@H](O)[C@@H](C)/C=C\C=C/CC\C=C/C=C\C=C/C=C\[C@H](O[C@H]2O[C@@H](C)[C@H](O)[C@@H](N)[C@H]2O)C[C@@H]2O[C@](O)(C[C@@H](O)[C@H](O)CC[C@@H](O)C[C@@H](O)C[C@@H](O)CC(=O)O[C@H]1C)C[C@H](O)[C@H]2C(=O)O. The number of ether oxygens (including phenoxy) is 4. The molecule has 0 radical (unpaired) electrons. The van der Waals surface area contributed by atoms with Crippen LogP contribution in [-0.2, 0) is 28.5 Å². The molecule has 3 aliphatic rings. The topological polar surface area (TPSA) is 320 Å². The van der Waals surface area contributed by atoms with E-state index in [1.54, 1.807) is 38.2 Å². The maximum atomic E-state index is 12.6. The number of carboxylic acid groups (broad SMARTS) is 1. The number of carboxylic acids is 1. The van der Waals surface area contributed by atoms with E-state index in [4.69, 9.17) is 24.7 Å². The van der Waals surface area contributed by atoms with E-state index < -0.39 is 141 Å². The van der Waals surface area contributed by atoms with Gasteiger partial charge in [0, 0.05) is 31.1 Å². The Morgan fingerprint density at radius 1 is 0.692 bits per heavy atom. The lowest BCUT2D eigenvalue weighted by Gasteiger charge is -2.45. The molecule has 0 saturated carbocycles. The number of aliphatic carboxylic acids is 1. The standard InChI is InChI=1S/C47H75NO17/c1-27-17-15-13-11-9-7-5-6-8-10-12-14-16-18-34(64-46-44(58)41(48)43(57)30(4)63-46)24-38-40(45(59)60)37(54)26-47(61,65-38)25-36(53)35(52)20-19-31(49)21-32(50)22-33(51)23-39(55)62-29(3)28(2)42(27)56/h5-6,8,10-18,27-38,40-44,46,49-54,56-58,61H,7,9,19-26,48H2,1-4H3,(H,59,60)/b6-5-,10-8-,13-11-,14-12-,17-15-,18-16-/t27-,28-,29-,30-,31+,32+,33+,34-,35+,36+,37-,38-,40+,41+,42+,43-,44+,46+,47+/m0/s1. The van der Waals surface area contributed by atoms with Gasteiger partial charge in [-0.05, 0) is 52.4 Å². The van der Waals surface area contributed by atoms with Gasteiger partial charge in [0.2, 0.25) is 0 Å². The van der Waals surface area contributed by atoms with Crippen molar-refractivity contribution in [2.75, 3.05) is 0 Å². The maximum Gasteiger partial charge on any atom is 0.311 e. The minimum atomic E-state index is -2.35. The van der Waals surface area contributed by atoms with Crippen LogP contribution in [0.25, 0.3) is 0 Å². The lowest BCUT2D eigenvalue weighted by Crippen LogP contribution is -2.61. The first-order chi connectivity index (χ1) is 30.6. The number of cyclic esters (lactones) is 1. The number of aliphatic hydroxyl groups excluding tert-OH is 9. The number of hydrogen-bond acceptors (Lipinski definition) is 17. The van der Waals surface area contributed by atoms with Gasteiger partial charge < -0.3 is 80.9 Å². The number of rotatable bonds is 3. The molecule has 3 aliphatic heterocycles. The van der Waals surface area contributed by atoms with Crippen molar-refractivity contribution in [3.8, 4) is 0 Å². The normalized spacial score (nSPS) is 45.2. The Morgan fingerprint density at radius 2 is 1.28 bits per heavy atom. The molecule has 2 saturated heterocycles. The summed E-state index contributed by atoms with van der Waals surface area (Å²) >= 11 is 0. The van der Waals surface area contributed by atoms with Crippen LogP contribution in [0.15, 0.2) is 72.9 Å². The minimum absolute atomic E-state index is 0.138.